The number of amides is 1. The van der Waals surface area contributed by atoms with Gasteiger partial charge in [-0.1, -0.05) is 68.4 Å². The first-order valence-electron chi connectivity index (χ1n) is 11.0. The number of ether oxygens (including phenoxy) is 1. The third-order valence-corrected chi connectivity index (χ3v) is 5.44. The van der Waals surface area contributed by atoms with Crippen LogP contribution in [0.2, 0.25) is 0 Å². The fourth-order valence-corrected chi connectivity index (χ4v) is 3.93. The van der Waals surface area contributed by atoms with E-state index in [-0.39, 0.29) is 11.9 Å². The van der Waals surface area contributed by atoms with E-state index in [1.54, 1.807) is 12.4 Å². The zero-order valence-corrected chi connectivity index (χ0v) is 18.5. The second kappa shape index (κ2) is 10.1. The summed E-state index contributed by atoms with van der Waals surface area (Å²) in [7, 11) is 0. The van der Waals surface area contributed by atoms with Gasteiger partial charge in [-0.2, -0.15) is 0 Å². The lowest BCUT2D eigenvalue weighted by Crippen LogP contribution is -2.29. The molecule has 4 aromatic rings. The molecule has 4 rings (SSSR count). The second-order valence-corrected chi connectivity index (χ2v) is 8.40. The number of benzene rings is 3. The molecule has 4 heteroatoms. The van der Waals surface area contributed by atoms with Crippen LogP contribution in [0.15, 0.2) is 91.3 Å². The predicted molar refractivity (Wildman–Crippen MR) is 129 cm³/mol. The SMILES string of the molecule is CC(C)CC(NC(=O)c1cccc(COc2cccnc2)c1)c1cccc2ccccc12. The number of carbonyl (C=O) groups excluding carboxylic acids is 1. The molecule has 0 aliphatic rings. The van der Waals surface area contributed by atoms with Crippen molar-refractivity contribution >= 4 is 16.7 Å². The smallest absolute Gasteiger partial charge is 0.251 e. The summed E-state index contributed by atoms with van der Waals surface area (Å²) < 4.78 is 5.78. The van der Waals surface area contributed by atoms with Crippen molar-refractivity contribution in [1.29, 1.82) is 0 Å². The van der Waals surface area contributed by atoms with Crippen LogP contribution in [0, 0.1) is 5.92 Å². The average molecular weight is 425 g/mol. The van der Waals surface area contributed by atoms with Gasteiger partial charge >= 0.3 is 0 Å². The van der Waals surface area contributed by atoms with Gasteiger partial charge in [-0.15, -0.1) is 0 Å². The Morgan fingerprint density at radius 2 is 1.78 bits per heavy atom. The van der Waals surface area contributed by atoms with Gasteiger partial charge in [0.25, 0.3) is 5.91 Å². The van der Waals surface area contributed by atoms with E-state index in [9.17, 15) is 4.79 Å². The Kier molecular flexibility index (Phi) is 6.81. The number of aromatic nitrogens is 1. The summed E-state index contributed by atoms with van der Waals surface area (Å²) in [5, 5.41) is 5.65. The van der Waals surface area contributed by atoms with Crippen molar-refractivity contribution in [2.75, 3.05) is 0 Å². The largest absolute Gasteiger partial charge is 0.487 e. The van der Waals surface area contributed by atoms with Crippen LogP contribution in [0.3, 0.4) is 0 Å². The highest BCUT2D eigenvalue weighted by Crippen LogP contribution is 2.29. The molecule has 0 spiro atoms. The summed E-state index contributed by atoms with van der Waals surface area (Å²) >= 11 is 0. The number of nitrogens with one attached hydrogen (secondary N) is 1. The Bertz CT molecular complexity index is 1180. The number of rotatable bonds is 8. The zero-order valence-electron chi connectivity index (χ0n) is 18.5. The summed E-state index contributed by atoms with van der Waals surface area (Å²) in [6.45, 7) is 4.74. The Labute approximate surface area is 189 Å². The average Bonchev–Trinajstić information content (AvgIpc) is 2.82. The third-order valence-electron chi connectivity index (χ3n) is 5.44. The van der Waals surface area contributed by atoms with Crippen LogP contribution in [0.5, 0.6) is 5.75 Å². The lowest BCUT2D eigenvalue weighted by atomic mass is 9.92. The van der Waals surface area contributed by atoms with E-state index in [0.29, 0.717) is 23.8 Å². The molecule has 1 N–H and O–H groups in total. The molecule has 4 nitrogen and oxygen atoms in total. The number of nitrogens with zero attached hydrogens (tertiary/aromatic N) is 1. The Hall–Kier alpha value is -3.66. The van der Waals surface area contributed by atoms with Crippen LogP contribution >= 0.6 is 0 Å². The van der Waals surface area contributed by atoms with E-state index in [2.05, 4.69) is 54.5 Å². The fraction of sp³-hybridized carbons (Fsp3) is 0.214. The topological polar surface area (TPSA) is 51.2 Å². The molecule has 1 amide bonds. The van der Waals surface area contributed by atoms with Gasteiger partial charge in [-0.05, 0) is 58.5 Å². The van der Waals surface area contributed by atoms with Crippen LogP contribution in [-0.4, -0.2) is 10.9 Å². The first-order chi connectivity index (χ1) is 15.6. The van der Waals surface area contributed by atoms with Gasteiger partial charge in [-0.3, -0.25) is 9.78 Å². The fourth-order valence-electron chi connectivity index (χ4n) is 3.93. The van der Waals surface area contributed by atoms with Crippen molar-refractivity contribution < 1.29 is 9.53 Å². The molecule has 0 aliphatic heterocycles. The summed E-state index contributed by atoms with van der Waals surface area (Å²) in [4.78, 5) is 17.3. The molecule has 1 unspecified atom stereocenters. The molecule has 1 heterocycles. The maximum absolute atomic E-state index is 13.2. The van der Waals surface area contributed by atoms with Gasteiger partial charge in [0, 0.05) is 11.8 Å². The summed E-state index contributed by atoms with van der Waals surface area (Å²) in [6.07, 6.45) is 4.25. The number of hydrogen-bond donors (Lipinski definition) is 1. The summed E-state index contributed by atoms with van der Waals surface area (Å²) in [6, 6.07) is 25.8. The van der Waals surface area contributed by atoms with Gasteiger partial charge in [-0.25, -0.2) is 0 Å². The standard InChI is InChI=1S/C28H28N2O2/c1-20(2)16-27(26-14-6-10-22-9-3-4-13-25(22)26)30-28(31)23-11-5-8-21(17-23)19-32-24-12-7-15-29-18-24/h3-15,17-18,20,27H,16,19H2,1-2H3,(H,30,31). The number of fused-ring (bicyclic) bond motifs is 1. The molecule has 0 radical (unpaired) electrons. The van der Waals surface area contributed by atoms with Gasteiger partial charge in [0.2, 0.25) is 0 Å². The molecule has 0 saturated carbocycles. The first kappa shape index (κ1) is 21.6. The third kappa shape index (κ3) is 5.33. The van der Waals surface area contributed by atoms with Crippen molar-refractivity contribution in [1.82, 2.24) is 10.3 Å². The molecule has 32 heavy (non-hydrogen) atoms. The van der Waals surface area contributed by atoms with Crippen molar-refractivity contribution in [3.63, 3.8) is 0 Å². The normalized spacial score (nSPS) is 12.0. The number of hydrogen-bond acceptors (Lipinski definition) is 3. The minimum absolute atomic E-state index is 0.0658. The molecule has 1 aromatic heterocycles. The lowest BCUT2D eigenvalue weighted by molar-refractivity contribution is 0.0932. The van der Waals surface area contributed by atoms with Crippen LogP contribution in [0.1, 0.15) is 47.8 Å². The van der Waals surface area contributed by atoms with Crippen molar-refractivity contribution in [2.24, 2.45) is 5.92 Å². The lowest BCUT2D eigenvalue weighted by Gasteiger charge is -2.23. The minimum atomic E-state index is -0.0770. The number of pyridine rings is 1. The number of carbonyl (C=O) groups is 1. The molecule has 0 fully saturated rings. The summed E-state index contributed by atoms with van der Waals surface area (Å²) in [5.74, 6) is 1.07. The molecule has 162 valence electrons. The Balaban J connectivity index is 1.53. The van der Waals surface area contributed by atoms with Crippen LogP contribution in [0.4, 0.5) is 0 Å². The second-order valence-electron chi connectivity index (χ2n) is 8.40. The van der Waals surface area contributed by atoms with Crippen LogP contribution in [-0.2, 0) is 6.61 Å². The van der Waals surface area contributed by atoms with E-state index in [0.717, 1.165) is 17.5 Å². The van der Waals surface area contributed by atoms with E-state index >= 15 is 0 Å². The quantitative estimate of drug-likeness (QED) is 0.359. The van der Waals surface area contributed by atoms with Crippen LogP contribution < -0.4 is 10.1 Å². The van der Waals surface area contributed by atoms with Crippen molar-refractivity contribution in [2.45, 2.75) is 32.9 Å². The highest BCUT2D eigenvalue weighted by atomic mass is 16.5. The van der Waals surface area contributed by atoms with Crippen molar-refractivity contribution in [3.05, 3.63) is 108 Å². The predicted octanol–water partition coefficient (Wildman–Crippen LogP) is 6.33. The molecule has 3 aromatic carbocycles. The van der Waals surface area contributed by atoms with E-state index in [1.807, 2.05) is 48.5 Å². The van der Waals surface area contributed by atoms with Gasteiger partial charge < -0.3 is 10.1 Å². The van der Waals surface area contributed by atoms with Gasteiger partial charge in [0.15, 0.2) is 0 Å². The molecule has 0 aliphatic carbocycles. The van der Waals surface area contributed by atoms with Crippen molar-refractivity contribution in [3.8, 4) is 5.75 Å². The van der Waals surface area contributed by atoms with E-state index in [1.165, 1.54) is 10.8 Å². The first-order valence-corrected chi connectivity index (χ1v) is 11.0. The molecular formula is C28H28N2O2. The monoisotopic (exact) mass is 424 g/mol. The molecule has 0 saturated heterocycles. The molecule has 1 atom stereocenters. The molecular weight excluding hydrogens is 396 g/mol. The van der Waals surface area contributed by atoms with E-state index < -0.39 is 0 Å². The van der Waals surface area contributed by atoms with E-state index in [4.69, 9.17) is 4.74 Å². The maximum atomic E-state index is 13.2. The Morgan fingerprint density at radius 1 is 0.969 bits per heavy atom. The maximum Gasteiger partial charge on any atom is 0.251 e. The van der Waals surface area contributed by atoms with Crippen LogP contribution in [0.25, 0.3) is 10.8 Å². The highest BCUT2D eigenvalue weighted by Gasteiger charge is 2.19. The van der Waals surface area contributed by atoms with Gasteiger partial charge in [0.05, 0.1) is 12.2 Å². The zero-order chi connectivity index (χ0) is 22.3. The Morgan fingerprint density at radius 3 is 2.59 bits per heavy atom. The molecule has 0 bridgehead atoms. The van der Waals surface area contributed by atoms with Gasteiger partial charge in [0.1, 0.15) is 12.4 Å². The summed E-state index contributed by atoms with van der Waals surface area (Å²) in [5.41, 5.74) is 2.72. The highest BCUT2D eigenvalue weighted by molar-refractivity contribution is 5.95. The minimum Gasteiger partial charge on any atom is -0.487 e.